The number of hydrogen-bond donors (Lipinski definition) is 1. The Labute approximate surface area is 89.2 Å². The summed E-state index contributed by atoms with van der Waals surface area (Å²) in [6.07, 6.45) is 1.05. The van der Waals surface area contributed by atoms with Crippen LogP contribution < -0.4 is 5.32 Å². The molecule has 1 N–H and O–H groups in total. The van der Waals surface area contributed by atoms with Gasteiger partial charge in [0, 0.05) is 6.42 Å². The molecule has 5 nitrogen and oxygen atoms in total. The lowest BCUT2D eigenvalue weighted by Crippen LogP contribution is -2.42. The van der Waals surface area contributed by atoms with E-state index in [0.717, 1.165) is 0 Å². The second-order valence-corrected chi connectivity index (χ2v) is 3.12. The fraction of sp³-hybridized carbons (Fsp3) is 0.700. The zero-order valence-corrected chi connectivity index (χ0v) is 9.33. The zero-order chi connectivity index (χ0) is 11.8. The third-order valence-electron chi connectivity index (χ3n) is 1.72. The van der Waals surface area contributed by atoms with Crippen LogP contribution in [-0.2, 0) is 19.1 Å². The van der Waals surface area contributed by atoms with E-state index < -0.39 is 17.8 Å². The van der Waals surface area contributed by atoms with Gasteiger partial charge in [0.25, 0.3) is 5.78 Å². The van der Waals surface area contributed by atoms with Gasteiger partial charge in [-0.15, -0.1) is 0 Å². The lowest BCUT2D eigenvalue weighted by molar-refractivity contribution is -0.154. The van der Waals surface area contributed by atoms with Gasteiger partial charge in [-0.05, 0) is 20.3 Å². The summed E-state index contributed by atoms with van der Waals surface area (Å²) < 4.78 is 4.53. The van der Waals surface area contributed by atoms with Crippen molar-refractivity contribution in [1.29, 1.82) is 0 Å². The summed E-state index contributed by atoms with van der Waals surface area (Å²) in [5, 5.41) is 2.43. The molecule has 0 aromatic carbocycles. The highest BCUT2D eigenvalue weighted by atomic mass is 16.5. The number of nitrogens with one attached hydrogen (secondary N) is 1. The van der Waals surface area contributed by atoms with Crippen LogP contribution in [0.15, 0.2) is 0 Å². The SMILES string of the molecule is CCCC(=O)NC(C)C(=O)C(=O)OCC. The molecule has 1 amide bonds. The van der Waals surface area contributed by atoms with E-state index >= 15 is 0 Å². The molecule has 0 aliphatic heterocycles. The molecule has 0 saturated carbocycles. The lowest BCUT2D eigenvalue weighted by Gasteiger charge is -2.11. The average Bonchev–Trinajstić information content (AvgIpc) is 2.17. The Bertz CT molecular complexity index is 250. The summed E-state index contributed by atoms with van der Waals surface area (Å²) in [7, 11) is 0. The predicted octanol–water partition coefficient (Wildman–Crippen LogP) is 0.423. The molecular formula is C10H17NO4. The maximum atomic E-state index is 11.3. The van der Waals surface area contributed by atoms with Crippen LogP contribution in [0, 0.1) is 0 Å². The number of amides is 1. The molecule has 0 aliphatic carbocycles. The van der Waals surface area contributed by atoms with Gasteiger partial charge in [-0.3, -0.25) is 9.59 Å². The Kier molecular flexibility index (Phi) is 6.33. The topological polar surface area (TPSA) is 72.5 Å². The number of carbonyl (C=O) groups is 3. The third kappa shape index (κ3) is 5.15. The van der Waals surface area contributed by atoms with Crippen molar-refractivity contribution in [3.05, 3.63) is 0 Å². The molecule has 0 fully saturated rings. The van der Waals surface area contributed by atoms with E-state index in [-0.39, 0.29) is 12.5 Å². The molecular weight excluding hydrogens is 198 g/mol. The van der Waals surface area contributed by atoms with Crippen molar-refractivity contribution in [3.63, 3.8) is 0 Å². The number of Topliss-reactive ketones (excluding diaryl/α,β-unsaturated/α-hetero) is 1. The molecule has 5 heteroatoms. The van der Waals surface area contributed by atoms with Crippen molar-refractivity contribution in [1.82, 2.24) is 5.32 Å². The van der Waals surface area contributed by atoms with E-state index in [1.165, 1.54) is 6.92 Å². The smallest absolute Gasteiger partial charge is 0.376 e. The average molecular weight is 215 g/mol. The summed E-state index contributed by atoms with van der Waals surface area (Å²) in [6.45, 7) is 5.09. The molecule has 0 spiro atoms. The van der Waals surface area contributed by atoms with Gasteiger partial charge in [0.1, 0.15) is 0 Å². The Hall–Kier alpha value is -1.39. The number of esters is 1. The predicted molar refractivity (Wildman–Crippen MR) is 54.2 cm³/mol. The molecule has 0 aliphatic rings. The van der Waals surface area contributed by atoms with Gasteiger partial charge in [-0.2, -0.15) is 0 Å². The maximum Gasteiger partial charge on any atom is 0.376 e. The van der Waals surface area contributed by atoms with Gasteiger partial charge in [0.2, 0.25) is 5.91 Å². The van der Waals surface area contributed by atoms with Crippen LogP contribution >= 0.6 is 0 Å². The fourth-order valence-electron chi connectivity index (χ4n) is 0.985. The largest absolute Gasteiger partial charge is 0.460 e. The normalized spacial score (nSPS) is 11.7. The second-order valence-electron chi connectivity index (χ2n) is 3.12. The molecule has 0 saturated heterocycles. The monoisotopic (exact) mass is 215 g/mol. The third-order valence-corrected chi connectivity index (χ3v) is 1.72. The first-order valence-electron chi connectivity index (χ1n) is 5.03. The summed E-state index contributed by atoms with van der Waals surface area (Å²) in [6, 6.07) is -0.817. The summed E-state index contributed by atoms with van der Waals surface area (Å²) in [5.74, 6) is -1.86. The van der Waals surface area contributed by atoms with Crippen molar-refractivity contribution >= 4 is 17.7 Å². The molecule has 0 aromatic rings. The summed E-state index contributed by atoms with van der Waals surface area (Å²) in [5.41, 5.74) is 0. The molecule has 0 rings (SSSR count). The van der Waals surface area contributed by atoms with Gasteiger partial charge in [0.15, 0.2) is 0 Å². The van der Waals surface area contributed by atoms with E-state index in [0.29, 0.717) is 12.8 Å². The van der Waals surface area contributed by atoms with Crippen molar-refractivity contribution in [3.8, 4) is 0 Å². The number of rotatable bonds is 6. The quantitative estimate of drug-likeness (QED) is 0.515. The first-order valence-corrected chi connectivity index (χ1v) is 5.03. The van der Waals surface area contributed by atoms with Crippen LogP contribution in [0.5, 0.6) is 0 Å². The molecule has 1 unspecified atom stereocenters. The van der Waals surface area contributed by atoms with Crippen LogP contribution in [0.1, 0.15) is 33.6 Å². The van der Waals surface area contributed by atoms with Gasteiger partial charge in [-0.1, -0.05) is 6.92 Å². The van der Waals surface area contributed by atoms with Crippen LogP contribution in [0.2, 0.25) is 0 Å². The number of carbonyl (C=O) groups excluding carboxylic acids is 3. The van der Waals surface area contributed by atoms with E-state index in [1.807, 2.05) is 6.92 Å². The minimum Gasteiger partial charge on any atom is -0.460 e. The van der Waals surface area contributed by atoms with Crippen LogP contribution in [-0.4, -0.2) is 30.3 Å². The Balaban J connectivity index is 4.09. The number of ether oxygens (including phenoxy) is 1. The Morgan fingerprint density at radius 2 is 1.87 bits per heavy atom. The van der Waals surface area contributed by atoms with Crippen molar-refractivity contribution in [2.75, 3.05) is 6.61 Å². The zero-order valence-electron chi connectivity index (χ0n) is 9.33. The van der Waals surface area contributed by atoms with Gasteiger partial charge < -0.3 is 10.1 Å². The molecule has 15 heavy (non-hydrogen) atoms. The van der Waals surface area contributed by atoms with E-state index in [4.69, 9.17) is 0 Å². The molecule has 0 aromatic heterocycles. The van der Waals surface area contributed by atoms with E-state index in [2.05, 4.69) is 10.1 Å². The first kappa shape index (κ1) is 13.6. The van der Waals surface area contributed by atoms with Crippen LogP contribution in [0.25, 0.3) is 0 Å². The lowest BCUT2D eigenvalue weighted by atomic mass is 10.2. The van der Waals surface area contributed by atoms with Crippen LogP contribution in [0.3, 0.4) is 0 Å². The summed E-state index contributed by atoms with van der Waals surface area (Å²) >= 11 is 0. The number of hydrogen-bond acceptors (Lipinski definition) is 4. The molecule has 0 heterocycles. The van der Waals surface area contributed by atoms with Crippen molar-refractivity contribution in [2.24, 2.45) is 0 Å². The maximum absolute atomic E-state index is 11.3. The Morgan fingerprint density at radius 1 is 1.27 bits per heavy atom. The highest BCUT2D eigenvalue weighted by molar-refractivity contribution is 6.35. The van der Waals surface area contributed by atoms with Crippen LogP contribution in [0.4, 0.5) is 0 Å². The minimum absolute atomic E-state index is 0.153. The second kappa shape index (κ2) is 6.98. The molecule has 0 bridgehead atoms. The molecule has 1 atom stereocenters. The van der Waals surface area contributed by atoms with Gasteiger partial charge >= 0.3 is 5.97 Å². The Morgan fingerprint density at radius 3 is 2.33 bits per heavy atom. The first-order chi connectivity index (χ1) is 7.02. The minimum atomic E-state index is -0.901. The van der Waals surface area contributed by atoms with E-state index in [1.54, 1.807) is 6.92 Å². The van der Waals surface area contributed by atoms with Gasteiger partial charge in [0.05, 0.1) is 12.6 Å². The standard InChI is InChI=1S/C10H17NO4/c1-4-6-8(12)11-7(3)9(13)10(14)15-5-2/h7H,4-6H2,1-3H3,(H,11,12). The highest BCUT2D eigenvalue weighted by Crippen LogP contribution is 1.92. The highest BCUT2D eigenvalue weighted by Gasteiger charge is 2.23. The molecule has 86 valence electrons. The van der Waals surface area contributed by atoms with Gasteiger partial charge in [-0.25, -0.2) is 4.79 Å². The van der Waals surface area contributed by atoms with E-state index in [9.17, 15) is 14.4 Å². The summed E-state index contributed by atoms with van der Waals surface area (Å²) in [4.78, 5) is 33.4. The number of ketones is 1. The fourth-order valence-corrected chi connectivity index (χ4v) is 0.985. The van der Waals surface area contributed by atoms with Crippen molar-refractivity contribution < 1.29 is 19.1 Å². The van der Waals surface area contributed by atoms with Crippen molar-refractivity contribution in [2.45, 2.75) is 39.7 Å². The molecule has 0 radical (unpaired) electrons.